The predicted octanol–water partition coefficient (Wildman–Crippen LogP) is 2.87. The topological polar surface area (TPSA) is 39.1 Å². The number of ether oxygens (including phenoxy) is 1. The van der Waals surface area contributed by atoms with Gasteiger partial charge in [-0.25, -0.2) is 4.98 Å². The fourth-order valence-electron chi connectivity index (χ4n) is 2.36. The second-order valence-corrected chi connectivity index (χ2v) is 5.85. The van der Waals surface area contributed by atoms with E-state index in [1.54, 1.807) is 7.11 Å². The van der Waals surface area contributed by atoms with E-state index in [4.69, 9.17) is 9.72 Å². The molecule has 1 heterocycles. The first-order valence-corrected chi connectivity index (χ1v) is 7.45. The third kappa shape index (κ3) is 2.83. The van der Waals surface area contributed by atoms with E-state index < -0.39 is 0 Å². The van der Waals surface area contributed by atoms with Gasteiger partial charge in [0.1, 0.15) is 5.82 Å². The number of halogens is 1. The van der Waals surface area contributed by atoms with Crippen LogP contribution in [0, 0.1) is 0 Å². The summed E-state index contributed by atoms with van der Waals surface area (Å²) in [4.78, 5) is 4.76. The summed E-state index contributed by atoms with van der Waals surface area (Å²) in [6.07, 6.45) is 2.54. The molecule has 0 radical (unpaired) electrons. The van der Waals surface area contributed by atoms with Crippen LogP contribution >= 0.6 is 15.9 Å². The van der Waals surface area contributed by atoms with E-state index in [1.165, 1.54) is 18.4 Å². The molecule has 2 aromatic rings. The van der Waals surface area contributed by atoms with Gasteiger partial charge in [-0.1, -0.05) is 15.9 Å². The minimum absolute atomic E-state index is 0.644. The Morgan fingerprint density at radius 3 is 3.05 bits per heavy atom. The molecule has 0 atom stereocenters. The maximum atomic E-state index is 5.05. The third-order valence-corrected chi connectivity index (χ3v) is 3.90. The van der Waals surface area contributed by atoms with Gasteiger partial charge in [0, 0.05) is 24.2 Å². The van der Waals surface area contributed by atoms with Crippen molar-refractivity contribution in [1.82, 2.24) is 14.9 Å². The summed E-state index contributed by atoms with van der Waals surface area (Å²) in [5.74, 6) is 1.13. The molecule has 1 N–H and O–H groups in total. The molecule has 4 nitrogen and oxygen atoms in total. The summed E-state index contributed by atoms with van der Waals surface area (Å²) in [7, 11) is 1.72. The fourth-order valence-corrected chi connectivity index (χ4v) is 2.71. The number of benzene rings is 1. The van der Waals surface area contributed by atoms with Crippen LogP contribution in [0.2, 0.25) is 0 Å². The van der Waals surface area contributed by atoms with Crippen molar-refractivity contribution in [3.05, 3.63) is 28.5 Å². The van der Waals surface area contributed by atoms with Gasteiger partial charge in [0.15, 0.2) is 0 Å². The molecule has 3 rings (SSSR count). The molecule has 0 spiro atoms. The lowest BCUT2D eigenvalue weighted by Crippen LogP contribution is -2.21. The van der Waals surface area contributed by atoms with Crippen LogP contribution < -0.4 is 5.32 Å². The van der Waals surface area contributed by atoms with Crippen molar-refractivity contribution >= 4 is 27.0 Å². The van der Waals surface area contributed by atoms with Crippen molar-refractivity contribution in [2.75, 3.05) is 20.3 Å². The standard InChI is InChI=1S/C14H18BrN3O/c1-19-7-6-16-9-14-17-12-8-10(15)2-5-13(12)18(14)11-3-4-11/h2,5,8,11,16H,3-4,6-7,9H2,1H3. The highest BCUT2D eigenvalue weighted by atomic mass is 79.9. The quantitative estimate of drug-likeness (QED) is 0.831. The van der Waals surface area contributed by atoms with Gasteiger partial charge in [0.2, 0.25) is 0 Å². The fraction of sp³-hybridized carbons (Fsp3) is 0.500. The Balaban J connectivity index is 1.87. The van der Waals surface area contributed by atoms with E-state index in [-0.39, 0.29) is 0 Å². The first-order chi connectivity index (χ1) is 9.29. The lowest BCUT2D eigenvalue weighted by Gasteiger charge is -2.08. The second kappa shape index (κ2) is 5.61. The van der Waals surface area contributed by atoms with Crippen LogP contribution in [0.3, 0.4) is 0 Å². The second-order valence-electron chi connectivity index (χ2n) is 4.93. The number of nitrogens with one attached hydrogen (secondary N) is 1. The average molecular weight is 324 g/mol. The Kier molecular flexibility index (Phi) is 3.86. The van der Waals surface area contributed by atoms with E-state index in [2.05, 4.69) is 44.0 Å². The largest absolute Gasteiger partial charge is 0.383 e. The zero-order chi connectivity index (χ0) is 13.2. The highest BCUT2D eigenvalue weighted by molar-refractivity contribution is 9.10. The Hall–Kier alpha value is -0.910. The molecule has 1 aliphatic rings. The molecule has 0 saturated heterocycles. The molecular formula is C14H18BrN3O. The van der Waals surface area contributed by atoms with Gasteiger partial charge in [0.25, 0.3) is 0 Å². The highest BCUT2D eigenvalue weighted by Crippen LogP contribution is 2.39. The van der Waals surface area contributed by atoms with Crippen LogP contribution in [0.4, 0.5) is 0 Å². The monoisotopic (exact) mass is 323 g/mol. The van der Waals surface area contributed by atoms with Crippen molar-refractivity contribution in [2.24, 2.45) is 0 Å². The van der Waals surface area contributed by atoms with Crippen LogP contribution in [-0.4, -0.2) is 29.8 Å². The van der Waals surface area contributed by atoms with Gasteiger partial charge < -0.3 is 14.6 Å². The molecule has 0 unspecified atom stereocenters. The van der Waals surface area contributed by atoms with E-state index in [0.717, 1.165) is 35.5 Å². The van der Waals surface area contributed by atoms with Crippen LogP contribution in [0.1, 0.15) is 24.7 Å². The van der Waals surface area contributed by atoms with Crippen molar-refractivity contribution < 1.29 is 4.74 Å². The minimum atomic E-state index is 0.644. The van der Waals surface area contributed by atoms with Gasteiger partial charge in [-0.2, -0.15) is 0 Å². The smallest absolute Gasteiger partial charge is 0.124 e. The first kappa shape index (κ1) is 13.1. The summed E-state index contributed by atoms with van der Waals surface area (Å²) in [6.45, 7) is 2.38. The number of methoxy groups -OCH3 is 1. The maximum absolute atomic E-state index is 5.05. The summed E-state index contributed by atoms with van der Waals surface area (Å²) in [6, 6.07) is 6.98. The van der Waals surface area contributed by atoms with E-state index >= 15 is 0 Å². The molecule has 0 amide bonds. The zero-order valence-electron chi connectivity index (χ0n) is 11.0. The Bertz CT molecular complexity index is 577. The zero-order valence-corrected chi connectivity index (χ0v) is 12.6. The van der Waals surface area contributed by atoms with Crippen molar-refractivity contribution in [3.8, 4) is 0 Å². The number of hydrogen-bond donors (Lipinski definition) is 1. The summed E-state index contributed by atoms with van der Waals surface area (Å²) < 4.78 is 8.52. The lowest BCUT2D eigenvalue weighted by atomic mass is 10.3. The van der Waals surface area contributed by atoms with Gasteiger partial charge in [-0.15, -0.1) is 0 Å². The van der Waals surface area contributed by atoms with Gasteiger partial charge >= 0.3 is 0 Å². The number of nitrogens with zero attached hydrogens (tertiary/aromatic N) is 2. The average Bonchev–Trinajstić information content (AvgIpc) is 3.16. The summed E-state index contributed by atoms with van der Waals surface area (Å²) in [5.41, 5.74) is 2.32. The molecule has 1 fully saturated rings. The maximum Gasteiger partial charge on any atom is 0.124 e. The van der Waals surface area contributed by atoms with E-state index in [0.29, 0.717) is 6.04 Å². The van der Waals surface area contributed by atoms with E-state index in [1.807, 2.05) is 0 Å². The van der Waals surface area contributed by atoms with Crippen LogP contribution in [0.5, 0.6) is 0 Å². The lowest BCUT2D eigenvalue weighted by molar-refractivity contribution is 0.199. The Morgan fingerprint density at radius 2 is 2.32 bits per heavy atom. The highest BCUT2D eigenvalue weighted by Gasteiger charge is 2.27. The number of rotatable bonds is 6. The number of hydrogen-bond acceptors (Lipinski definition) is 3. The summed E-state index contributed by atoms with van der Waals surface area (Å²) >= 11 is 3.51. The van der Waals surface area contributed by atoms with Crippen molar-refractivity contribution in [2.45, 2.75) is 25.4 Å². The number of aromatic nitrogens is 2. The molecule has 19 heavy (non-hydrogen) atoms. The first-order valence-electron chi connectivity index (χ1n) is 6.65. The molecule has 5 heteroatoms. The van der Waals surface area contributed by atoms with E-state index in [9.17, 15) is 0 Å². The van der Waals surface area contributed by atoms with Gasteiger partial charge in [-0.05, 0) is 31.0 Å². The molecule has 1 aromatic heterocycles. The molecule has 0 aliphatic heterocycles. The number of imidazole rings is 1. The molecule has 1 aromatic carbocycles. The van der Waals surface area contributed by atoms with Gasteiger partial charge in [0.05, 0.1) is 24.2 Å². The molecule has 1 saturated carbocycles. The van der Waals surface area contributed by atoms with Crippen molar-refractivity contribution in [1.29, 1.82) is 0 Å². The molecule has 1 aliphatic carbocycles. The molecule has 102 valence electrons. The number of fused-ring (bicyclic) bond motifs is 1. The van der Waals surface area contributed by atoms with Crippen LogP contribution in [0.25, 0.3) is 11.0 Å². The SMILES string of the molecule is COCCNCc1nc2cc(Br)ccc2n1C1CC1. The van der Waals surface area contributed by atoms with Gasteiger partial charge in [-0.3, -0.25) is 0 Å². The minimum Gasteiger partial charge on any atom is -0.383 e. The Labute approximate surface area is 121 Å². The third-order valence-electron chi connectivity index (χ3n) is 3.40. The molecular weight excluding hydrogens is 306 g/mol. The Morgan fingerprint density at radius 1 is 1.47 bits per heavy atom. The predicted molar refractivity (Wildman–Crippen MR) is 79.3 cm³/mol. The normalized spacial score (nSPS) is 15.3. The van der Waals surface area contributed by atoms with Crippen LogP contribution in [-0.2, 0) is 11.3 Å². The van der Waals surface area contributed by atoms with Crippen LogP contribution in [0.15, 0.2) is 22.7 Å². The molecule has 0 bridgehead atoms. The van der Waals surface area contributed by atoms with Crippen molar-refractivity contribution in [3.63, 3.8) is 0 Å². The summed E-state index contributed by atoms with van der Waals surface area (Å²) in [5, 5.41) is 3.38.